The zero-order valence-electron chi connectivity index (χ0n) is 22.3. The molecule has 0 radical (unpaired) electrons. The van der Waals surface area contributed by atoms with Crippen molar-refractivity contribution >= 4 is 23.4 Å². The molecule has 0 saturated carbocycles. The molecule has 210 valence electrons. The summed E-state index contributed by atoms with van der Waals surface area (Å²) >= 11 is 5.99. The third-order valence-corrected chi connectivity index (χ3v) is 7.72. The van der Waals surface area contributed by atoms with Gasteiger partial charge >= 0.3 is 0 Å². The van der Waals surface area contributed by atoms with Crippen LogP contribution in [0.25, 0.3) is 0 Å². The van der Waals surface area contributed by atoms with Gasteiger partial charge in [-0.1, -0.05) is 54.1 Å². The van der Waals surface area contributed by atoms with Gasteiger partial charge in [-0.25, -0.2) is 0 Å². The van der Waals surface area contributed by atoms with E-state index < -0.39 is 0 Å². The van der Waals surface area contributed by atoms with Crippen molar-refractivity contribution < 1.29 is 14.3 Å². The molecular weight excluding hydrogens is 544 g/mol. The molecule has 4 aromatic rings. The second-order valence-corrected chi connectivity index (χ2v) is 10.7. The summed E-state index contributed by atoms with van der Waals surface area (Å²) in [6.07, 6.45) is 1.41. The third kappa shape index (κ3) is 5.89. The van der Waals surface area contributed by atoms with Crippen LogP contribution in [0.5, 0.6) is 5.75 Å². The van der Waals surface area contributed by atoms with Gasteiger partial charge in [-0.15, -0.1) is 0 Å². The number of H-pyrrole nitrogens is 2. The van der Waals surface area contributed by atoms with Crippen LogP contribution in [0, 0.1) is 0 Å². The summed E-state index contributed by atoms with van der Waals surface area (Å²) in [5, 5.41) is 7.94. The van der Waals surface area contributed by atoms with E-state index in [9.17, 15) is 14.4 Å². The summed E-state index contributed by atoms with van der Waals surface area (Å²) in [4.78, 5) is 47.8. The van der Waals surface area contributed by atoms with Crippen molar-refractivity contribution in [1.29, 1.82) is 0 Å². The number of carbonyl (C=O) groups excluding carboxylic acids is 2. The Bertz CT molecular complexity index is 1610. The Hall–Kier alpha value is -4.41. The van der Waals surface area contributed by atoms with Gasteiger partial charge in [0, 0.05) is 55.6 Å². The number of halogens is 1. The van der Waals surface area contributed by atoms with Crippen LogP contribution in [0.1, 0.15) is 43.4 Å². The minimum absolute atomic E-state index is 0.141. The van der Waals surface area contributed by atoms with Crippen LogP contribution >= 0.6 is 11.6 Å². The first-order valence-corrected chi connectivity index (χ1v) is 13.8. The number of piperazine rings is 1. The largest absolute Gasteiger partial charge is 0.483 e. The average molecular weight is 573 g/mol. The topological polar surface area (TPSA) is 115 Å². The van der Waals surface area contributed by atoms with Crippen molar-refractivity contribution in [2.45, 2.75) is 26.2 Å². The van der Waals surface area contributed by atoms with Gasteiger partial charge < -0.3 is 19.5 Å². The summed E-state index contributed by atoms with van der Waals surface area (Å²) in [5.41, 5.74) is 3.69. The molecule has 2 aromatic heterocycles. The average Bonchev–Trinajstić information content (AvgIpc) is 3.59. The minimum Gasteiger partial charge on any atom is -0.483 e. The Kier molecular flexibility index (Phi) is 7.58. The van der Waals surface area contributed by atoms with E-state index in [2.05, 4.69) is 20.1 Å². The van der Waals surface area contributed by atoms with E-state index in [0.717, 1.165) is 36.5 Å². The fourth-order valence-electron chi connectivity index (χ4n) is 5.17. The number of pyridine rings is 1. The highest BCUT2D eigenvalue weighted by atomic mass is 35.5. The second kappa shape index (κ2) is 11.6. The molecule has 6 rings (SSSR count). The molecule has 0 bridgehead atoms. The third-order valence-electron chi connectivity index (χ3n) is 7.46. The number of amides is 2. The number of nitrogens with zero attached hydrogens (tertiary/aromatic N) is 4. The number of hydrogen-bond acceptors (Lipinski definition) is 6. The van der Waals surface area contributed by atoms with Crippen LogP contribution in [0.15, 0.2) is 71.7 Å². The van der Waals surface area contributed by atoms with E-state index in [0.29, 0.717) is 23.8 Å². The molecule has 0 unspecified atom stereocenters. The Labute approximate surface area is 241 Å². The number of rotatable bonds is 7. The first kappa shape index (κ1) is 26.8. The van der Waals surface area contributed by atoms with Gasteiger partial charge in [-0.05, 0) is 23.3 Å². The van der Waals surface area contributed by atoms with Crippen molar-refractivity contribution in [3.63, 3.8) is 0 Å². The summed E-state index contributed by atoms with van der Waals surface area (Å²) in [6, 6.07) is 18.6. The molecule has 2 amide bonds. The number of aromatic amines is 2. The van der Waals surface area contributed by atoms with Crippen molar-refractivity contribution in [3.05, 3.63) is 116 Å². The SMILES string of the molecule is O=C(c1cc(=O)c(OCc2ccccc2)c[nH]1)N1Cc2[nH]nc(C(=O)N3CCN(Cc4ccc(Cl)cc4)CC3)c2C1. The summed E-state index contributed by atoms with van der Waals surface area (Å²) in [7, 11) is 0. The van der Waals surface area contributed by atoms with Gasteiger partial charge in [0.1, 0.15) is 12.3 Å². The minimum atomic E-state index is -0.381. The lowest BCUT2D eigenvalue weighted by molar-refractivity contribution is 0.0617. The highest BCUT2D eigenvalue weighted by Crippen LogP contribution is 2.26. The van der Waals surface area contributed by atoms with E-state index in [1.165, 1.54) is 17.8 Å². The maximum Gasteiger partial charge on any atom is 0.274 e. The highest BCUT2D eigenvalue weighted by molar-refractivity contribution is 6.30. The molecule has 1 fully saturated rings. The number of aromatic nitrogens is 3. The Morgan fingerprint density at radius 3 is 2.39 bits per heavy atom. The van der Waals surface area contributed by atoms with Crippen LogP contribution in [0.2, 0.25) is 5.02 Å². The van der Waals surface area contributed by atoms with Crippen molar-refractivity contribution in [1.82, 2.24) is 29.9 Å². The van der Waals surface area contributed by atoms with Crippen LogP contribution in [-0.2, 0) is 26.2 Å². The van der Waals surface area contributed by atoms with Crippen molar-refractivity contribution in [2.75, 3.05) is 26.2 Å². The Morgan fingerprint density at radius 1 is 0.902 bits per heavy atom. The zero-order chi connectivity index (χ0) is 28.3. The predicted octanol–water partition coefficient (Wildman–Crippen LogP) is 3.44. The summed E-state index contributed by atoms with van der Waals surface area (Å²) < 4.78 is 5.63. The number of nitrogens with one attached hydrogen (secondary N) is 2. The number of benzene rings is 2. The van der Waals surface area contributed by atoms with Crippen molar-refractivity contribution in [2.24, 2.45) is 0 Å². The molecule has 1 saturated heterocycles. The Balaban J connectivity index is 1.05. The van der Waals surface area contributed by atoms with E-state index in [1.807, 2.05) is 59.5 Å². The summed E-state index contributed by atoms with van der Waals surface area (Å²) in [6.45, 7) is 4.25. The molecule has 2 aliphatic rings. The van der Waals surface area contributed by atoms with Crippen LogP contribution in [0.3, 0.4) is 0 Å². The molecule has 2 aromatic carbocycles. The van der Waals surface area contributed by atoms with Crippen molar-refractivity contribution in [3.8, 4) is 5.75 Å². The first-order valence-electron chi connectivity index (χ1n) is 13.5. The number of fused-ring (bicyclic) bond motifs is 1. The molecule has 11 heteroatoms. The van der Waals surface area contributed by atoms with Gasteiger partial charge in [0.15, 0.2) is 11.4 Å². The van der Waals surface area contributed by atoms with Gasteiger partial charge in [0.25, 0.3) is 11.8 Å². The molecule has 10 nitrogen and oxygen atoms in total. The van der Waals surface area contributed by atoms with E-state index in [-0.39, 0.29) is 48.4 Å². The molecule has 0 atom stereocenters. The number of hydrogen-bond donors (Lipinski definition) is 2. The zero-order valence-corrected chi connectivity index (χ0v) is 23.1. The smallest absolute Gasteiger partial charge is 0.274 e. The molecular formula is C30H29ClN6O4. The van der Waals surface area contributed by atoms with Crippen LogP contribution in [-0.4, -0.2) is 67.9 Å². The van der Waals surface area contributed by atoms with Gasteiger partial charge in [0.05, 0.1) is 18.8 Å². The van der Waals surface area contributed by atoms with Gasteiger partial charge in [-0.2, -0.15) is 5.10 Å². The van der Waals surface area contributed by atoms with Gasteiger partial charge in [0.2, 0.25) is 5.43 Å². The van der Waals surface area contributed by atoms with E-state index in [4.69, 9.17) is 16.3 Å². The first-order chi connectivity index (χ1) is 19.9. The molecule has 2 N–H and O–H groups in total. The van der Waals surface area contributed by atoms with Gasteiger partial charge in [-0.3, -0.25) is 24.4 Å². The molecule has 41 heavy (non-hydrogen) atoms. The lowest BCUT2D eigenvalue weighted by Gasteiger charge is -2.34. The van der Waals surface area contributed by atoms with E-state index in [1.54, 1.807) is 4.90 Å². The molecule has 4 heterocycles. The maximum atomic E-state index is 13.4. The predicted molar refractivity (Wildman–Crippen MR) is 153 cm³/mol. The normalized spacial score (nSPS) is 15.1. The number of carbonyl (C=O) groups is 2. The lowest BCUT2D eigenvalue weighted by atomic mass is 10.1. The second-order valence-electron chi connectivity index (χ2n) is 10.2. The Morgan fingerprint density at radius 2 is 1.66 bits per heavy atom. The molecule has 0 spiro atoms. The van der Waals surface area contributed by atoms with E-state index >= 15 is 0 Å². The number of ether oxygens (including phenoxy) is 1. The highest BCUT2D eigenvalue weighted by Gasteiger charge is 2.33. The fourth-order valence-corrected chi connectivity index (χ4v) is 5.29. The van der Waals surface area contributed by atoms with Crippen LogP contribution in [0.4, 0.5) is 0 Å². The molecule has 0 aliphatic carbocycles. The molecule has 2 aliphatic heterocycles. The monoisotopic (exact) mass is 572 g/mol. The fraction of sp³-hybridized carbons (Fsp3) is 0.267. The maximum absolute atomic E-state index is 13.4. The summed E-state index contributed by atoms with van der Waals surface area (Å²) in [5.74, 6) is -0.339. The standard InChI is InChI=1S/C30H29ClN6O4/c31-22-8-6-20(7-9-22)16-35-10-12-36(13-11-35)30(40)28-23-17-37(18-25(23)33-34-28)29(39)24-14-26(38)27(15-32-24)41-19-21-4-2-1-3-5-21/h1-9,14-15H,10-13,16-19H2,(H,32,38)(H,33,34). The lowest BCUT2D eigenvalue weighted by Crippen LogP contribution is -2.48. The quantitative estimate of drug-likeness (QED) is 0.351. The van der Waals surface area contributed by atoms with Crippen LogP contribution < -0.4 is 10.2 Å².